The van der Waals surface area contributed by atoms with E-state index in [-0.39, 0.29) is 6.04 Å². The van der Waals surface area contributed by atoms with Crippen LogP contribution in [-0.2, 0) is 0 Å². The number of nitrogens with two attached hydrogens (primary N) is 1. The maximum absolute atomic E-state index is 6.02. The van der Waals surface area contributed by atoms with E-state index >= 15 is 0 Å². The van der Waals surface area contributed by atoms with E-state index in [4.69, 9.17) is 12.2 Å². The zero-order valence-electron chi connectivity index (χ0n) is 7.92. The zero-order valence-corrected chi connectivity index (χ0v) is 8.73. The van der Waals surface area contributed by atoms with Gasteiger partial charge in [0, 0.05) is 17.3 Å². The largest absolute Gasteiger partial charge is 0.323 e. The molecule has 1 atom stereocenters. The number of unbranched alkanes of at least 4 members (excludes halogenated alkanes) is 1. The fourth-order valence-electron chi connectivity index (χ4n) is 1.32. The van der Waals surface area contributed by atoms with Gasteiger partial charge < -0.3 is 5.73 Å². The van der Waals surface area contributed by atoms with Crippen molar-refractivity contribution in [2.75, 3.05) is 0 Å². The summed E-state index contributed by atoms with van der Waals surface area (Å²) in [4.78, 5) is 1.30. The second kappa shape index (κ2) is 5.06. The van der Waals surface area contributed by atoms with Gasteiger partial charge in [-0.25, -0.2) is 0 Å². The summed E-state index contributed by atoms with van der Waals surface area (Å²) in [6, 6.07) is 2.29. The van der Waals surface area contributed by atoms with Gasteiger partial charge in [-0.3, -0.25) is 0 Å². The van der Waals surface area contributed by atoms with Crippen molar-refractivity contribution >= 4 is 11.3 Å². The molecule has 0 aliphatic heterocycles. The van der Waals surface area contributed by atoms with Crippen molar-refractivity contribution in [2.24, 2.45) is 5.73 Å². The molecule has 70 valence electrons. The minimum absolute atomic E-state index is 0.174. The van der Waals surface area contributed by atoms with Gasteiger partial charge in [0.1, 0.15) is 0 Å². The van der Waals surface area contributed by atoms with Crippen LogP contribution in [0.2, 0.25) is 0 Å². The Labute approximate surface area is 84.0 Å². The number of thiophene rings is 1. The van der Waals surface area contributed by atoms with Crippen LogP contribution in [0.4, 0.5) is 0 Å². The lowest BCUT2D eigenvalue weighted by Gasteiger charge is -2.09. The molecule has 1 aromatic rings. The third-order valence-corrected chi connectivity index (χ3v) is 3.23. The van der Waals surface area contributed by atoms with Gasteiger partial charge in [0.2, 0.25) is 0 Å². The van der Waals surface area contributed by atoms with E-state index in [1.54, 1.807) is 11.3 Å². The summed E-state index contributed by atoms with van der Waals surface area (Å²) >= 11 is 1.74. The van der Waals surface area contributed by atoms with Gasteiger partial charge in [0.15, 0.2) is 0 Å². The van der Waals surface area contributed by atoms with E-state index in [0.717, 1.165) is 19.3 Å². The minimum Gasteiger partial charge on any atom is -0.323 e. The van der Waals surface area contributed by atoms with Gasteiger partial charge in [0.25, 0.3) is 0 Å². The average molecular weight is 193 g/mol. The second-order valence-electron chi connectivity index (χ2n) is 3.17. The van der Waals surface area contributed by atoms with Crippen molar-refractivity contribution < 1.29 is 0 Å². The normalized spacial score (nSPS) is 12.4. The minimum atomic E-state index is 0.174. The highest BCUT2D eigenvalue weighted by atomic mass is 32.1. The topological polar surface area (TPSA) is 26.0 Å². The molecule has 0 spiro atoms. The predicted octanol–water partition coefficient (Wildman–Crippen LogP) is 2.86. The summed E-state index contributed by atoms with van der Waals surface area (Å²) in [5.74, 6) is 2.63. The smallest absolute Gasteiger partial charge is 0.0392 e. The maximum atomic E-state index is 6.02. The van der Waals surface area contributed by atoms with Crippen LogP contribution in [0.1, 0.15) is 35.7 Å². The van der Waals surface area contributed by atoms with E-state index in [9.17, 15) is 0 Å². The molecule has 0 amide bonds. The van der Waals surface area contributed by atoms with Crippen LogP contribution in [0.15, 0.2) is 11.4 Å². The number of rotatable bonds is 4. The summed E-state index contributed by atoms with van der Waals surface area (Å²) in [7, 11) is 0. The van der Waals surface area contributed by atoms with Crippen molar-refractivity contribution in [3.8, 4) is 12.3 Å². The summed E-state index contributed by atoms with van der Waals surface area (Å²) in [5, 5.41) is 2.09. The van der Waals surface area contributed by atoms with Crippen LogP contribution >= 0.6 is 11.3 Å². The number of hydrogen-bond donors (Lipinski definition) is 1. The zero-order chi connectivity index (χ0) is 9.68. The van der Waals surface area contributed by atoms with E-state index in [1.165, 1.54) is 10.4 Å². The molecule has 1 unspecified atom stereocenters. The highest BCUT2D eigenvalue weighted by molar-refractivity contribution is 7.10. The molecule has 0 saturated heterocycles. The summed E-state index contributed by atoms with van der Waals surface area (Å²) in [6.07, 6.45) is 8.02. The van der Waals surface area contributed by atoms with Gasteiger partial charge >= 0.3 is 0 Å². The molecule has 1 aromatic heterocycles. The molecule has 0 radical (unpaired) electrons. The summed E-state index contributed by atoms with van der Waals surface area (Å²) in [6.45, 7) is 2.10. The Morgan fingerprint density at radius 3 is 3.00 bits per heavy atom. The standard InChI is InChI=1S/C11H15NS/c1-3-4-5-6-10(12)11-9(2)7-8-13-11/h1,7-8,10H,4-6,12H2,2H3. The lowest BCUT2D eigenvalue weighted by atomic mass is 10.1. The molecule has 13 heavy (non-hydrogen) atoms. The van der Waals surface area contributed by atoms with Crippen LogP contribution in [-0.4, -0.2) is 0 Å². The van der Waals surface area contributed by atoms with Crippen molar-refractivity contribution in [3.63, 3.8) is 0 Å². The Hall–Kier alpha value is -0.780. The van der Waals surface area contributed by atoms with E-state index in [0.29, 0.717) is 0 Å². The lowest BCUT2D eigenvalue weighted by molar-refractivity contribution is 0.627. The van der Waals surface area contributed by atoms with Gasteiger partial charge in [-0.05, 0) is 36.8 Å². The number of aryl methyl sites for hydroxylation is 1. The molecule has 2 heteroatoms. The highest BCUT2D eigenvalue weighted by Gasteiger charge is 2.08. The van der Waals surface area contributed by atoms with Crippen molar-refractivity contribution in [1.29, 1.82) is 0 Å². The predicted molar refractivity (Wildman–Crippen MR) is 58.7 cm³/mol. The molecule has 0 aliphatic rings. The van der Waals surface area contributed by atoms with Crippen molar-refractivity contribution in [2.45, 2.75) is 32.2 Å². The third kappa shape index (κ3) is 2.87. The van der Waals surface area contributed by atoms with Crippen molar-refractivity contribution in [1.82, 2.24) is 0 Å². The van der Waals surface area contributed by atoms with Gasteiger partial charge in [-0.1, -0.05) is 0 Å². The molecular formula is C11H15NS. The Kier molecular flexibility index (Phi) is 4.01. The molecule has 0 fully saturated rings. The number of hydrogen-bond acceptors (Lipinski definition) is 2. The SMILES string of the molecule is C#CCCCC(N)c1sccc1C. The molecular weight excluding hydrogens is 178 g/mol. The van der Waals surface area contributed by atoms with Crippen molar-refractivity contribution in [3.05, 3.63) is 21.9 Å². The average Bonchev–Trinajstić information content (AvgIpc) is 2.52. The Bertz CT molecular complexity index is 295. The van der Waals surface area contributed by atoms with Gasteiger partial charge in [-0.15, -0.1) is 23.7 Å². The monoisotopic (exact) mass is 193 g/mol. The molecule has 2 N–H and O–H groups in total. The number of terminal acetylenes is 1. The van der Waals surface area contributed by atoms with Crippen LogP contribution in [0, 0.1) is 19.3 Å². The molecule has 0 saturated carbocycles. The van der Waals surface area contributed by atoms with E-state index in [1.807, 2.05) is 0 Å². The second-order valence-corrected chi connectivity index (χ2v) is 4.12. The molecule has 1 nitrogen and oxygen atoms in total. The molecule has 0 aromatic carbocycles. The quantitative estimate of drug-likeness (QED) is 0.577. The molecule has 1 rings (SSSR count). The van der Waals surface area contributed by atoms with E-state index in [2.05, 4.69) is 24.3 Å². The first kappa shape index (κ1) is 10.3. The van der Waals surface area contributed by atoms with Crippen LogP contribution < -0.4 is 5.73 Å². The molecule has 1 heterocycles. The van der Waals surface area contributed by atoms with Crippen LogP contribution in [0.5, 0.6) is 0 Å². The van der Waals surface area contributed by atoms with Gasteiger partial charge in [0.05, 0.1) is 0 Å². The first-order valence-electron chi connectivity index (χ1n) is 4.48. The Balaban J connectivity index is 2.45. The Morgan fingerprint density at radius 1 is 1.69 bits per heavy atom. The highest BCUT2D eigenvalue weighted by Crippen LogP contribution is 2.25. The summed E-state index contributed by atoms with van der Waals surface area (Å²) < 4.78 is 0. The summed E-state index contributed by atoms with van der Waals surface area (Å²) in [5.41, 5.74) is 7.33. The third-order valence-electron chi connectivity index (χ3n) is 2.07. The maximum Gasteiger partial charge on any atom is 0.0392 e. The first-order chi connectivity index (χ1) is 6.25. The van der Waals surface area contributed by atoms with E-state index < -0.39 is 0 Å². The lowest BCUT2D eigenvalue weighted by Crippen LogP contribution is -2.09. The Morgan fingerprint density at radius 2 is 2.46 bits per heavy atom. The molecule has 0 bridgehead atoms. The van der Waals surface area contributed by atoms with Gasteiger partial charge in [-0.2, -0.15) is 0 Å². The fourth-order valence-corrected chi connectivity index (χ4v) is 2.28. The molecule has 0 aliphatic carbocycles. The fraction of sp³-hybridized carbons (Fsp3) is 0.455. The first-order valence-corrected chi connectivity index (χ1v) is 5.36. The van der Waals surface area contributed by atoms with Crippen LogP contribution in [0.3, 0.4) is 0 Å². The van der Waals surface area contributed by atoms with Crippen LogP contribution in [0.25, 0.3) is 0 Å².